The second-order valence-corrected chi connectivity index (χ2v) is 9.98. The van der Waals surface area contributed by atoms with Gasteiger partial charge in [0, 0.05) is 19.0 Å². The number of alkyl halides is 2. The van der Waals surface area contributed by atoms with E-state index in [1.807, 2.05) is 6.92 Å². The second-order valence-electron chi connectivity index (χ2n) is 9.98. The van der Waals surface area contributed by atoms with Gasteiger partial charge in [0.15, 0.2) is 0 Å². The lowest BCUT2D eigenvalue weighted by Gasteiger charge is -2.39. The Morgan fingerprint density at radius 3 is 2.63 bits per heavy atom. The van der Waals surface area contributed by atoms with Gasteiger partial charge in [0.1, 0.15) is 5.60 Å². The van der Waals surface area contributed by atoms with Gasteiger partial charge < -0.3 is 14.4 Å². The summed E-state index contributed by atoms with van der Waals surface area (Å²) in [7, 11) is 7.19. The number of imide groups is 1. The van der Waals surface area contributed by atoms with Crippen LogP contribution < -0.4 is 0 Å². The number of nitrogens with zero attached hydrogens (tertiary/aromatic N) is 4. The first-order valence-corrected chi connectivity index (χ1v) is 11.6. The molecule has 188 valence electrons. The predicted molar refractivity (Wildman–Crippen MR) is 127 cm³/mol. The summed E-state index contributed by atoms with van der Waals surface area (Å²) in [5, 5.41) is 5.12. The number of hydrogen-bond acceptors (Lipinski definition) is 5. The van der Waals surface area contributed by atoms with E-state index in [9.17, 15) is 14.4 Å². The largest absolute Gasteiger partial charge is 0.444 e. The summed E-state index contributed by atoms with van der Waals surface area (Å²) in [6, 6.07) is 4.95. The monoisotopic (exact) mass is 488 g/mol. The van der Waals surface area contributed by atoms with Crippen LogP contribution in [0.5, 0.6) is 0 Å². The summed E-state index contributed by atoms with van der Waals surface area (Å²) in [4.78, 5) is 37.6. The number of ether oxygens (including phenoxy) is 1. The highest BCUT2D eigenvalue weighted by atomic mass is 19.3. The number of likely N-dealkylation sites (tertiary alicyclic amines) is 1. The Morgan fingerprint density at radius 1 is 1.37 bits per heavy atom. The van der Waals surface area contributed by atoms with Crippen LogP contribution in [0.3, 0.4) is 0 Å². The minimum Gasteiger partial charge on any atom is -0.444 e. The number of aryl methyl sites for hydroxylation is 1. The zero-order chi connectivity index (χ0) is 26.1. The van der Waals surface area contributed by atoms with Gasteiger partial charge in [-0.25, -0.2) is 13.6 Å². The Bertz CT molecular complexity index is 1110. The summed E-state index contributed by atoms with van der Waals surface area (Å²) in [5.41, 5.74) is 0.693. The minimum absolute atomic E-state index is 0.0703. The van der Waals surface area contributed by atoms with Crippen molar-refractivity contribution >= 4 is 37.3 Å². The molecule has 2 unspecified atom stereocenters. The number of rotatable bonds is 6. The number of aromatic nitrogens is 2. The van der Waals surface area contributed by atoms with Crippen LogP contribution in [0.1, 0.15) is 70.1 Å². The molecule has 1 saturated heterocycles. The van der Waals surface area contributed by atoms with Crippen molar-refractivity contribution in [2.45, 2.75) is 70.3 Å². The first-order chi connectivity index (χ1) is 16.3. The fourth-order valence-corrected chi connectivity index (χ4v) is 4.51. The molecule has 1 fully saturated rings. The number of amides is 3. The third kappa shape index (κ3) is 5.65. The van der Waals surface area contributed by atoms with Gasteiger partial charge in [-0.1, -0.05) is 25.5 Å². The molecule has 1 aliphatic rings. The van der Waals surface area contributed by atoms with Gasteiger partial charge in [0.2, 0.25) is 20.3 Å². The summed E-state index contributed by atoms with van der Waals surface area (Å²) < 4.78 is 37.2. The van der Waals surface area contributed by atoms with Crippen molar-refractivity contribution in [3.63, 3.8) is 0 Å². The van der Waals surface area contributed by atoms with Gasteiger partial charge in [-0.3, -0.25) is 14.3 Å². The molecule has 35 heavy (non-hydrogen) atoms. The van der Waals surface area contributed by atoms with Crippen molar-refractivity contribution in [3.05, 3.63) is 29.5 Å². The van der Waals surface area contributed by atoms with Crippen LogP contribution in [-0.4, -0.2) is 70.5 Å². The Kier molecular flexibility index (Phi) is 7.57. The maximum Gasteiger partial charge on any atom is 0.410 e. The molecular formula is C24H31BF2N4O4. The highest BCUT2D eigenvalue weighted by molar-refractivity contribution is 6.22. The van der Waals surface area contributed by atoms with Crippen LogP contribution >= 0.6 is 0 Å². The van der Waals surface area contributed by atoms with Gasteiger partial charge in [-0.2, -0.15) is 5.10 Å². The Morgan fingerprint density at radius 2 is 2.06 bits per heavy atom. The van der Waals surface area contributed by atoms with Gasteiger partial charge in [0.25, 0.3) is 5.92 Å². The van der Waals surface area contributed by atoms with Crippen LogP contribution in [0.2, 0.25) is 0 Å². The fraction of sp³-hybridized carbons (Fsp3) is 0.583. The molecule has 3 rings (SSSR count). The summed E-state index contributed by atoms with van der Waals surface area (Å²) in [6.07, 6.45) is 0.649. The highest BCUT2D eigenvalue weighted by Gasteiger charge is 2.47. The summed E-state index contributed by atoms with van der Waals surface area (Å²) in [6.45, 7) is 6.39. The molecule has 3 amide bonds. The van der Waals surface area contributed by atoms with Crippen LogP contribution in [0.15, 0.2) is 18.2 Å². The van der Waals surface area contributed by atoms with Crippen molar-refractivity contribution in [2.75, 3.05) is 13.1 Å². The van der Waals surface area contributed by atoms with Crippen molar-refractivity contribution in [2.24, 2.45) is 7.05 Å². The molecule has 8 nitrogen and oxygen atoms in total. The van der Waals surface area contributed by atoms with Crippen LogP contribution in [0.4, 0.5) is 13.6 Å². The second kappa shape index (κ2) is 9.95. The molecule has 0 bridgehead atoms. The van der Waals surface area contributed by atoms with Crippen LogP contribution in [-0.2, 0) is 21.4 Å². The number of piperidine rings is 1. The molecule has 11 heteroatoms. The van der Waals surface area contributed by atoms with Crippen molar-refractivity contribution < 1.29 is 27.9 Å². The van der Waals surface area contributed by atoms with E-state index in [-0.39, 0.29) is 19.4 Å². The molecule has 2 atom stereocenters. The van der Waals surface area contributed by atoms with E-state index in [1.54, 1.807) is 50.7 Å². The topological polar surface area (TPSA) is 84.7 Å². The first kappa shape index (κ1) is 26.6. The lowest BCUT2D eigenvalue weighted by Crippen LogP contribution is -2.50. The first-order valence-electron chi connectivity index (χ1n) is 11.6. The SMILES string of the molecule is [B]N(C=O)C(=O)C(CCC)c1nn(C)c2cc(C3CCN(C(=O)OC(C)(C)C)CC3(F)F)ccc12. The molecule has 0 aliphatic carbocycles. The molecule has 0 spiro atoms. The quantitative estimate of drug-likeness (QED) is 0.455. The highest BCUT2D eigenvalue weighted by Crippen LogP contribution is 2.42. The van der Waals surface area contributed by atoms with E-state index in [1.165, 1.54) is 0 Å². The van der Waals surface area contributed by atoms with Gasteiger partial charge >= 0.3 is 6.09 Å². The lowest BCUT2D eigenvalue weighted by molar-refractivity contribution is -0.133. The smallest absolute Gasteiger partial charge is 0.410 e. The fourth-order valence-electron chi connectivity index (χ4n) is 4.51. The van der Waals surface area contributed by atoms with E-state index in [0.717, 1.165) is 4.90 Å². The third-order valence-electron chi connectivity index (χ3n) is 6.13. The lowest BCUT2D eigenvalue weighted by atomic mass is 9.85. The molecule has 0 N–H and O–H groups in total. The zero-order valence-corrected chi connectivity index (χ0v) is 20.8. The van der Waals surface area contributed by atoms with Gasteiger partial charge in [0.05, 0.1) is 29.6 Å². The summed E-state index contributed by atoms with van der Waals surface area (Å²) >= 11 is 0. The van der Waals surface area contributed by atoms with Crippen molar-refractivity contribution in [1.82, 2.24) is 19.5 Å². The van der Waals surface area contributed by atoms with Crippen molar-refractivity contribution in [3.8, 4) is 0 Å². The number of halogens is 2. The van der Waals surface area contributed by atoms with Gasteiger partial charge in [-0.15, -0.1) is 0 Å². The van der Waals surface area contributed by atoms with Crippen LogP contribution in [0, 0.1) is 0 Å². The molecule has 2 aromatic rings. The average Bonchev–Trinajstić information content (AvgIpc) is 3.10. The molecular weight excluding hydrogens is 457 g/mol. The number of fused-ring (bicyclic) bond motifs is 1. The van der Waals surface area contributed by atoms with E-state index in [2.05, 4.69) is 5.10 Å². The molecule has 0 saturated carbocycles. The van der Waals surface area contributed by atoms with E-state index in [0.29, 0.717) is 39.8 Å². The van der Waals surface area contributed by atoms with Crippen LogP contribution in [0.25, 0.3) is 10.9 Å². The van der Waals surface area contributed by atoms with E-state index >= 15 is 8.78 Å². The maximum absolute atomic E-state index is 15.2. The molecule has 2 radical (unpaired) electrons. The predicted octanol–water partition coefficient (Wildman–Crippen LogP) is 3.89. The number of hydrogen-bond donors (Lipinski definition) is 0. The summed E-state index contributed by atoms with van der Waals surface area (Å²) in [5.74, 6) is -5.56. The van der Waals surface area contributed by atoms with E-state index < -0.39 is 41.9 Å². The molecule has 2 heterocycles. The molecule has 1 aromatic heterocycles. The average molecular weight is 488 g/mol. The standard InChI is InChI=1S/C24H31BF2N4O4/c1-6-7-17(21(33)31(25)14-32)20-16-9-8-15(12-19(16)29(5)28-20)18-10-11-30(13-24(18,26)27)22(34)35-23(2,3)4/h8-9,12,14,17-18H,6-7,10-11,13H2,1-5H3. The Labute approximate surface area is 205 Å². The molecule has 1 aromatic carbocycles. The van der Waals surface area contributed by atoms with E-state index in [4.69, 9.17) is 12.7 Å². The number of carbonyl (C=O) groups is 3. The third-order valence-corrected chi connectivity index (χ3v) is 6.13. The zero-order valence-electron chi connectivity index (χ0n) is 20.8. The number of benzene rings is 1. The minimum atomic E-state index is -3.16. The Balaban J connectivity index is 1.90. The van der Waals surface area contributed by atoms with Gasteiger partial charge in [-0.05, 0) is 45.2 Å². The Hall–Kier alpha value is -2.98. The normalized spacial score (nSPS) is 18.8. The maximum atomic E-state index is 15.2. The van der Waals surface area contributed by atoms with Crippen molar-refractivity contribution in [1.29, 1.82) is 0 Å². The molecule has 1 aliphatic heterocycles. The number of carbonyl (C=O) groups excluding carboxylic acids is 3.